The highest BCUT2D eigenvalue weighted by Crippen LogP contribution is 2.23. The van der Waals surface area contributed by atoms with Crippen LogP contribution in [0.1, 0.15) is 22.9 Å². The number of halogens is 2. The number of hydrogen-bond donors (Lipinski definition) is 2. The highest BCUT2D eigenvalue weighted by molar-refractivity contribution is 6.34. The molecule has 2 N–H and O–H groups in total. The van der Waals surface area contributed by atoms with Gasteiger partial charge in [0, 0.05) is 41.4 Å². The van der Waals surface area contributed by atoms with Gasteiger partial charge in [-0.15, -0.1) is 0 Å². The zero-order chi connectivity index (χ0) is 14.7. The standard InChI is InChI=1S/C14H17Cl2N3O/c1-9-11(7-18-19(9)2)6-17-8-14(20)10-3-12(15)5-13(16)4-10/h3-5,7,14,17,20H,6,8H2,1-2H3. The second-order valence-corrected chi connectivity index (χ2v) is 5.60. The van der Waals surface area contributed by atoms with Crippen LogP contribution >= 0.6 is 23.2 Å². The highest BCUT2D eigenvalue weighted by Gasteiger charge is 2.10. The number of hydrogen-bond acceptors (Lipinski definition) is 3. The fourth-order valence-electron chi connectivity index (χ4n) is 1.95. The molecule has 2 rings (SSSR count). The average Bonchev–Trinajstić information content (AvgIpc) is 2.69. The Bertz CT molecular complexity index is 578. The molecule has 0 aliphatic rings. The molecule has 0 saturated heterocycles. The third-order valence-corrected chi connectivity index (χ3v) is 3.70. The summed E-state index contributed by atoms with van der Waals surface area (Å²) in [6, 6.07) is 5.08. The minimum absolute atomic E-state index is 0.422. The summed E-state index contributed by atoms with van der Waals surface area (Å²) in [4.78, 5) is 0. The average molecular weight is 314 g/mol. The monoisotopic (exact) mass is 313 g/mol. The highest BCUT2D eigenvalue weighted by atomic mass is 35.5. The van der Waals surface area contributed by atoms with Gasteiger partial charge in [-0.05, 0) is 30.7 Å². The van der Waals surface area contributed by atoms with Crippen LogP contribution in [0.3, 0.4) is 0 Å². The first kappa shape index (κ1) is 15.3. The van der Waals surface area contributed by atoms with E-state index in [1.807, 2.05) is 24.9 Å². The topological polar surface area (TPSA) is 50.1 Å². The zero-order valence-corrected chi connectivity index (χ0v) is 12.9. The van der Waals surface area contributed by atoms with Gasteiger partial charge in [0.15, 0.2) is 0 Å². The number of aryl methyl sites for hydroxylation is 1. The van der Waals surface area contributed by atoms with Gasteiger partial charge in [0.05, 0.1) is 12.3 Å². The first-order valence-corrected chi connectivity index (χ1v) is 7.05. The number of nitrogens with zero attached hydrogens (tertiary/aromatic N) is 2. The van der Waals surface area contributed by atoms with E-state index in [9.17, 15) is 5.11 Å². The zero-order valence-electron chi connectivity index (χ0n) is 11.4. The molecule has 20 heavy (non-hydrogen) atoms. The van der Waals surface area contributed by atoms with Gasteiger partial charge in [0.2, 0.25) is 0 Å². The molecule has 1 heterocycles. The van der Waals surface area contributed by atoms with Crippen molar-refractivity contribution in [1.29, 1.82) is 0 Å². The molecule has 0 spiro atoms. The molecular weight excluding hydrogens is 297 g/mol. The fraction of sp³-hybridized carbons (Fsp3) is 0.357. The van der Waals surface area contributed by atoms with Gasteiger partial charge in [-0.25, -0.2) is 0 Å². The Kier molecular flexibility index (Phi) is 5.05. The lowest BCUT2D eigenvalue weighted by Gasteiger charge is -2.13. The van der Waals surface area contributed by atoms with E-state index in [0.717, 1.165) is 11.3 Å². The molecule has 2 aromatic rings. The van der Waals surface area contributed by atoms with E-state index in [0.29, 0.717) is 28.7 Å². The van der Waals surface area contributed by atoms with Crippen LogP contribution in [0.2, 0.25) is 10.0 Å². The molecule has 1 unspecified atom stereocenters. The number of nitrogens with one attached hydrogen (secondary N) is 1. The molecule has 1 aromatic heterocycles. The SMILES string of the molecule is Cc1c(CNCC(O)c2cc(Cl)cc(Cl)c2)cnn1C. The second-order valence-electron chi connectivity index (χ2n) is 4.73. The molecule has 0 radical (unpaired) electrons. The van der Waals surface area contributed by atoms with Crippen molar-refractivity contribution in [2.75, 3.05) is 6.54 Å². The Hall–Kier alpha value is -1.07. The van der Waals surface area contributed by atoms with Crippen LogP contribution in [-0.2, 0) is 13.6 Å². The number of rotatable bonds is 5. The van der Waals surface area contributed by atoms with Crippen LogP contribution in [0.15, 0.2) is 24.4 Å². The summed E-state index contributed by atoms with van der Waals surface area (Å²) in [5, 5.41) is 18.5. The van der Waals surface area contributed by atoms with Crippen LogP contribution < -0.4 is 5.32 Å². The van der Waals surface area contributed by atoms with Gasteiger partial charge in [-0.3, -0.25) is 4.68 Å². The first-order valence-electron chi connectivity index (χ1n) is 6.29. The number of benzene rings is 1. The minimum atomic E-state index is -0.650. The van der Waals surface area contributed by atoms with Crippen LogP contribution in [0.25, 0.3) is 0 Å². The maximum atomic E-state index is 10.1. The maximum Gasteiger partial charge on any atom is 0.0915 e. The van der Waals surface area contributed by atoms with Gasteiger partial charge in [-0.1, -0.05) is 23.2 Å². The molecule has 4 nitrogen and oxygen atoms in total. The summed E-state index contributed by atoms with van der Waals surface area (Å²) in [6.45, 7) is 3.09. The van der Waals surface area contributed by atoms with Gasteiger partial charge in [0.1, 0.15) is 0 Å². The Morgan fingerprint density at radius 3 is 2.50 bits per heavy atom. The molecule has 0 aliphatic carbocycles. The Labute approximate surface area is 128 Å². The predicted molar refractivity (Wildman–Crippen MR) is 81.1 cm³/mol. The summed E-state index contributed by atoms with van der Waals surface area (Å²) in [7, 11) is 1.90. The lowest BCUT2D eigenvalue weighted by Crippen LogP contribution is -2.21. The van der Waals surface area contributed by atoms with Crippen molar-refractivity contribution >= 4 is 23.2 Å². The minimum Gasteiger partial charge on any atom is -0.387 e. The summed E-state index contributed by atoms with van der Waals surface area (Å²) < 4.78 is 1.82. The number of aliphatic hydroxyl groups is 1. The molecule has 0 bridgehead atoms. The van der Waals surface area contributed by atoms with Crippen molar-refractivity contribution in [3.63, 3.8) is 0 Å². The summed E-state index contributed by atoms with van der Waals surface area (Å²) in [5.74, 6) is 0. The maximum absolute atomic E-state index is 10.1. The van der Waals surface area contributed by atoms with Crippen LogP contribution in [0.5, 0.6) is 0 Å². The number of aromatic nitrogens is 2. The van der Waals surface area contributed by atoms with Crippen LogP contribution in [-0.4, -0.2) is 21.4 Å². The van der Waals surface area contributed by atoms with E-state index in [1.165, 1.54) is 0 Å². The molecule has 0 fully saturated rings. The molecule has 1 aromatic carbocycles. The van der Waals surface area contributed by atoms with Crippen molar-refractivity contribution < 1.29 is 5.11 Å². The van der Waals surface area contributed by atoms with Gasteiger partial charge in [-0.2, -0.15) is 5.10 Å². The Morgan fingerprint density at radius 2 is 1.95 bits per heavy atom. The van der Waals surface area contributed by atoms with E-state index in [1.54, 1.807) is 18.2 Å². The summed E-state index contributed by atoms with van der Waals surface area (Å²) >= 11 is 11.8. The van der Waals surface area contributed by atoms with E-state index >= 15 is 0 Å². The van der Waals surface area contributed by atoms with Crippen LogP contribution in [0, 0.1) is 6.92 Å². The lowest BCUT2D eigenvalue weighted by molar-refractivity contribution is 0.174. The van der Waals surface area contributed by atoms with Gasteiger partial charge >= 0.3 is 0 Å². The molecule has 0 aliphatic heterocycles. The van der Waals surface area contributed by atoms with E-state index in [-0.39, 0.29) is 0 Å². The van der Waals surface area contributed by atoms with Gasteiger partial charge in [0.25, 0.3) is 0 Å². The van der Waals surface area contributed by atoms with Crippen molar-refractivity contribution in [3.05, 3.63) is 51.3 Å². The normalized spacial score (nSPS) is 12.7. The lowest BCUT2D eigenvalue weighted by atomic mass is 10.1. The quantitative estimate of drug-likeness (QED) is 0.892. The van der Waals surface area contributed by atoms with Crippen molar-refractivity contribution in [3.8, 4) is 0 Å². The fourth-order valence-corrected chi connectivity index (χ4v) is 2.49. The van der Waals surface area contributed by atoms with E-state index in [4.69, 9.17) is 23.2 Å². The molecule has 1 atom stereocenters. The largest absolute Gasteiger partial charge is 0.387 e. The van der Waals surface area contributed by atoms with E-state index in [2.05, 4.69) is 10.4 Å². The molecule has 0 saturated carbocycles. The van der Waals surface area contributed by atoms with Gasteiger partial charge < -0.3 is 10.4 Å². The number of aliphatic hydroxyl groups excluding tert-OH is 1. The van der Waals surface area contributed by atoms with E-state index < -0.39 is 6.10 Å². The molecule has 6 heteroatoms. The molecular formula is C14H17Cl2N3O. The molecule has 0 amide bonds. The Morgan fingerprint density at radius 1 is 1.30 bits per heavy atom. The van der Waals surface area contributed by atoms with Crippen molar-refractivity contribution in [2.24, 2.45) is 7.05 Å². The Balaban J connectivity index is 1.92. The second kappa shape index (κ2) is 6.59. The van der Waals surface area contributed by atoms with Crippen molar-refractivity contribution in [1.82, 2.24) is 15.1 Å². The van der Waals surface area contributed by atoms with Crippen molar-refractivity contribution in [2.45, 2.75) is 19.6 Å². The third kappa shape index (κ3) is 3.73. The molecule has 108 valence electrons. The predicted octanol–water partition coefficient (Wildman–Crippen LogP) is 2.86. The van der Waals surface area contributed by atoms with Crippen LogP contribution in [0.4, 0.5) is 0 Å². The third-order valence-electron chi connectivity index (χ3n) is 3.26. The summed E-state index contributed by atoms with van der Waals surface area (Å²) in [6.07, 6.45) is 1.17. The summed E-state index contributed by atoms with van der Waals surface area (Å²) in [5.41, 5.74) is 2.93. The first-order chi connectivity index (χ1) is 9.47. The smallest absolute Gasteiger partial charge is 0.0915 e.